The molecule has 5 heteroatoms. The van der Waals surface area contributed by atoms with Crippen molar-refractivity contribution in [3.8, 4) is 0 Å². The molecule has 0 heterocycles. The quantitative estimate of drug-likeness (QED) is 0.544. The third-order valence-electron chi connectivity index (χ3n) is 1.62. The molecule has 2 atom stereocenters. The summed E-state index contributed by atoms with van der Waals surface area (Å²) in [7, 11) is 0. The first-order chi connectivity index (χ1) is 3.30. The van der Waals surface area contributed by atoms with Crippen molar-refractivity contribution in [3.05, 3.63) is 0 Å². The first kappa shape index (κ1) is 16.9. The Kier molecular flexibility index (Phi) is 12.9. The summed E-state index contributed by atoms with van der Waals surface area (Å²) in [6.07, 6.45) is 3.48. The molecule has 0 aliphatic heterocycles. The molecule has 1 aliphatic carbocycles. The molecule has 10 heavy (non-hydrogen) atoms. The van der Waals surface area contributed by atoms with Gasteiger partial charge < -0.3 is 22.4 Å². The van der Waals surface area contributed by atoms with Gasteiger partial charge in [-0.3, -0.25) is 0 Å². The summed E-state index contributed by atoms with van der Waals surface area (Å²) in [5.41, 5.74) is 11.1. The molecule has 0 amide bonds. The molecular formula is C5H16N2O2Pt. The third-order valence-corrected chi connectivity index (χ3v) is 1.62. The van der Waals surface area contributed by atoms with E-state index in [0.717, 1.165) is 12.8 Å². The molecule has 4 nitrogen and oxygen atoms in total. The van der Waals surface area contributed by atoms with E-state index in [9.17, 15) is 0 Å². The van der Waals surface area contributed by atoms with Crippen LogP contribution in [0.2, 0.25) is 0 Å². The van der Waals surface area contributed by atoms with Gasteiger partial charge >= 0.3 is 0 Å². The van der Waals surface area contributed by atoms with Crippen molar-refractivity contribution >= 4 is 0 Å². The van der Waals surface area contributed by atoms with Gasteiger partial charge in [0.25, 0.3) is 0 Å². The largest absolute Gasteiger partial charge is 0.412 e. The molecule has 0 spiro atoms. The van der Waals surface area contributed by atoms with E-state index >= 15 is 0 Å². The zero-order valence-corrected chi connectivity index (χ0v) is 8.02. The van der Waals surface area contributed by atoms with E-state index in [1.807, 2.05) is 0 Å². The van der Waals surface area contributed by atoms with Gasteiger partial charge in [-0.2, -0.15) is 0 Å². The zero-order chi connectivity index (χ0) is 5.28. The van der Waals surface area contributed by atoms with Crippen molar-refractivity contribution in [3.63, 3.8) is 0 Å². The van der Waals surface area contributed by atoms with Gasteiger partial charge in [-0.1, -0.05) is 6.42 Å². The van der Waals surface area contributed by atoms with Crippen LogP contribution in [0.3, 0.4) is 0 Å². The summed E-state index contributed by atoms with van der Waals surface area (Å²) < 4.78 is 0. The molecule has 1 fully saturated rings. The van der Waals surface area contributed by atoms with Gasteiger partial charge in [0, 0.05) is 33.1 Å². The molecule has 0 aromatic rings. The van der Waals surface area contributed by atoms with Crippen LogP contribution in [-0.2, 0) is 21.1 Å². The molecule has 68 valence electrons. The first-order valence-corrected chi connectivity index (χ1v) is 2.82. The van der Waals surface area contributed by atoms with E-state index in [1.54, 1.807) is 0 Å². The normalized spacial score (nSPS) is 29.4. The van der Waals surface area contributed by atoms with Gasteiger partial charge in [-0.05, 0) is 12.8 Å². The fourth-order valence-corrected chi connectivity index (χ4v) is 1.02. The van der Waals surface area contributed by atoms with Gasteiger partial charge in [0.15, 0.2) is 0 Å². The van der Waals surface area contributed by atoms with E-state index < -0.39 is 0 Å². The van der Waals surface area contributed by atoms with Gasteiger partial charge in [0.05, 0.1) is 0 Å². The maximum absolute atomic E-state index is 5.55. The van der Waals surface area contributed by atoms with Gasteiger partial charge in [-0.15, -0.1) is 0 Å². The van der Waals surface area contributed by atoms with Crippen molar-refractivity contribution in [2.75, 3.05) is 0 Å². The smallest absolute Gasteiger partial charge is 0.0192 e. The van der Waals surface area contributed by atoms with E-state index in [1.165, 1.54) is 6.42 Å². The molecule has 0 radical (unpaired) electrons. The van der Waals surface area contributed by atoms with E-state index in [2.05, 4.69) is 0 Å². The summed E-state index contributed by atoms with van der Waals surface area (Å²) >= 11 is 0. The topological polar surface area (TPSA) is 115 Å². The van der Waals surface area contributed by atoms with Crippen LogP contribution < -0.4 is 11.5 Å². The monoisotopic (exact) mass is 331 g/mol. The molecule has 0 bridgehead atoms. The van der Waals surface area contributed by atoms with Crippen molar-refractivity contribution in [2.24, 2.45) is 11.5 Å². The van der Waals surface area contributed by atoms with Crippen molar-refractivity contribution in [2.45, 2.75) is 31.3 Å². The van der Waals surface area contributed by atoms with Crippen molar-refractivity contribution < 1.29 is 32.0 Å². The standard InChI is InChI=1S/C5H12N2.2H2O.Pt/c6-4-2-1-3-5(4)7;;;/h4-5H,1-3,6-7H2;2*1H2;/t4-,5-;;;/m1.../s1. The summed E-state index contributed by atoms with van der Waals surface area (Å²) in [6, 6.07) is 0.583. The van der Waals surface area contributed by atoms with Crippen LogP contribution >= 0.6 is 0 Å². The Hall–Kier alpha value is 0.528. The van der Waals surface area contributed by atoms with Crippen LogP contribution in [0.5, 0.6) is 0 Å². The first-order valence-electron chi connectivity index (χ1n) is 2.82. The van der Waals surface area contributed by atoms with E-state index in [0.29, 0.717) is 12.1 Å². The van der Waals surface area contributed by atoms with Crippen molar-refractivity contribution in [1.29, 1.82) is 0 Å². The Morgan fingerprint density at radius 2 is 1.20 bits per heavy atom. The minimum absolute atomic E-state index is 0. The molecule has 1 saturated carbocycles. The number of hydrogen-bond donors (Lipinski definition) is 2. The number of rotatable bonds is 0. The second-order valence-corrected chi connectivity index (χ2v) is 2.26. The van der Waals surface area contributed by atoms with Crippen LogP contribution in [-0.4, -0.2) is 23.0 Å². The molecule has 0 unspecified atom stereocenters. The molecule has 8 N–H and O–H groups in total. The fraction of sp³-hybridized carbons (Fsp3) is 1.00. The Balaban J connectivity index is -0.000000163. The second kappa shape index (κ2) is 7.63. The van der Waals surface area contributed by atoms with Gasteiger partial charge in [0.2, 0.25) is 0 Å². The maximum atomic E-state index is 5.55. The summed E-state index contributed by atoms with van der Waals surface area (Å²) in [4.78, 5) is 0. The Labute approximate surface area is 75.2 Å². The molecule has 1 aliphatic rings. The summed E-state index contributed by atoms with van der Waals surface area (Å²) in [6.45, 7) is 0. The minimum atomic E-state index is 0. The zero-order valence-electron chi connectivity index (χ0n) is 5.75. The number of hydrogen-bond acceptors (Lipinski definition) is 2. The predicted octanol–water partition coefficient (Wildman–Crippen LogP) is -1.83. The fourth-order valence-electron chi connectivity index (χ4n) is 1.02. The molecule has 0 saturated heterocycles. The average molecular weight is 331 g/mol. The Morgan fingerprint density at radius 3 is 1.30 bits per heavy atom. The number of nitrogens with two attached hydrogens (primary N) is 2. The van der Waals surface area contributed by atoms with Crippen molar-refractivity contribution in [1.82, 2.24) is 0 Å². The van der Waals surface area contributed by atoms with Gasteiger partial charge in [-0.25, -0.2) is 0 Å². The average Bonchev–Trinajstić information content (AvgIpc) is 1.91. The summed E-state index contributed by atoms with van der Waals surface area (Å²) in [5.74, 6) is 0. The van der Waals surface area contributed by atoms with Crippen LogP contribution in [0, 0.1) is 0 Å². The second-order valence-electron chi connectivity index (χ2n) is 2.26. The minimum Gasteiger partial charge on any atom is -0.412 e. The van der Waals surface area contributed by atoms with Crippen LogP contribution in [0.4, 0.5) is 0 Å². The molecular weight excluding hydrogens is 315 g/mol. The third kappa shape index (κ3) is 4.36. The van der Waals surface area contributed by atoms with Crippen LogP contribution in [0.15, 0.2) is 0 Å². The molecule has 0 aromatic carbocycles. The van der Waals surface area contributed by atoms with Gasteiger partial charge in [0.1, 0.15) is 0 Å². The predicted molar refractivity (Wildman–Crippen MR) is 37.0 cm³/mol. The SMILES string of the molecule is N[C@@H]1CCC[C@H]1N.O.O.[Pt]. The maximum Gasteiger partial charge on any atom is 0.0192 e. The van der Waals surface area contributed by atoms with Crippen LogP contribution in [0.25, 0.3) is 0 Å². The summed E-state index contributed by atoms with van der Waals surface area (Å²) in [5, 5.41) is 0. The van der Waals surface area contributed by atoms with Crippen LogP contribution in [0.1, 0.15) is 19.3 Å². The molecule has 0 aromatic heterocycles. The Bertz CT molecular complexity index is 66.7. The van der Waals surface area contributed by atoms with E-state index in [4.69, 9.17) is 11.5 Å². The Morgan fingerprint density at radius 1 is 0.900 bits per heavy atom. The molecule has 1 rings (SSSR count). The van der Waals surface area contributed by atoms with E-state index in [-0.39, 0.29) is 32.0 Å².